The predicted molar refractivity (Wildman–Crippen MR) is 98.9 cm³/mol. The van der Waals surface area contributed by atoms with Gasteiger partial charge in [0.1, 0.15) is 0 Å². The second-order valence-corrected chi connectivity index (χ2v) is 6.86. The van der Waals surface area contributed by atoms with Crippen LogP contribution in [0.2, 0.25) is 0 Å². The van der Waals surface area contributed by atoms with Gasteiger partial charge in [-0.15, -0.1) is 0 Å². The van der Waals surface area contributed by atoms with Crippen LogP contribution in [-0.2, 0) is 11.8 Å². The number of aromatic nitrogens is 2. The fourth-order valence-electron chi connectivity index (χ4n) is 3.40. The highest BCUT2D eigenvalue weighted by molar-refractivity contribution is 5.91. The number of hydrogen-bond acceptors (Lipinski definition) is 3. The third-order valence-electron chi connectivity index (χ3n) is 5.01. The lowest BCUT2D eigenvalue weighted by Gasteiger charge is -2.27. The summed E-state index contributed by atoms with van der Waals surface area (Å²) in [5, 5.41) is 19.1. The normalized spacial score (nSPS) is 19.8. The molecule has 0 spiro atoms. The number of amides is 2. The van der Waals surface area contributed by atoms with Crippen molar-refractivity contribution in [1.82, 2.24) is 15.1 Å². The monoisotopic (exact) mass is 356 g/mol. The summed E-state index contributed by atoms with van der Waals surface area (Å²) in [6.07, 6.45) is 4.34. The Kier molecular flexibility index (Phi) is 5.25. The van der Waals surface area contributed by atoms with E-state index in [9.17, 15) is 9.59 Å². The number of benzene rings is 1. The highest BCUT2D eigenvalue weighted by Gasteiger charge is 2.26. The Balaban J connectivity index is 1.63. The standard InChI is InChI=1S/C19H24N4O3/c1-12-3-4-14(17-9-10-20-23(17)2)11-16(12)22-19(26)21-15-7-5-13(6-8-15)18(24)25/h3-4,9-11,13,15H,5-8H2,1-2H3,(H,24,25)(H2,21,22,26). The van der Waals surface area contributed by atoms with Gasteiger partial charge in [0.25, 0.3) is 0 Å². The van der Waals surface area contributed by atoms with E-state index in [2.05, 4.69) is 15.7 Å². The number of carboxylic acid groups (broad SMARTS) is 1. The third kappa shape index (κ3) is 4.04. The number of carboxylic acids is 1. The number of hydrogen-bond donors (Lipinski definition) is 3. The van der Waals surface area contributed by atoms with Gasteiger partial charge < -0.3 is 15.7 Å². The minimum absolute atomic E-state index is 0.0196. The first kappa shape index (κ1) is 18.0. The van der Waals surface area contributed by atoms with E-state index >= 15 is 0 Å². The van der Waals surface area contributed by atoms with Gasteiger partial charge in [-0.3, -0.25) is 9.48 Å². The van der Waals surface area contributed by atoms with Gasteiger partial charge in [0.15, 0.2) is 0 Å². The average molecular weight is 356 g/mol. The minimum Gasteiger partial charge on any atom is -0.481 e. The maximum atomic E-state index is 12.4. The second kappa shape index (κ2) is 7.59. The summed E-state index contributed by atoms with van der Waals surface area (Å²) in [5.74, 6) is -1.02. The Labute approximate surface area is 152 Å². The highest BCUT2D eigenvalue weighted by Crippen LogP contribution is 2.26. The minimum atomic E-state index is -0.740. The Bertz CT molecular complexity index is 807. The lowest BCUT2D eigenvalue weighted by molar-refractivity contribution is -0.142. The van der Waals surface area contributed by atoms with Crippen LogP contribution in [0.3, 0.4) is 0 Å². The quantitative estimate of drug-likeness (QED) is 0.784. The average Bonchev–Trinajstić information content (AvgIpc) is 3.03. The van der Waals surface area contributed by atoms with Crippen molar-refractivity contribution in [3.8, 4) is 11.3 Å². The summed E-state index contributed by atoms with van der Waals surface area (Å²) in [4.78, 5) is 23.4. The largest absolute Gasteiger partial charge is 0.481 e. The molecule has 0 radical (unpaired) electrons. The molecule has 1 fully saturated rings. The molecule has 1 aliphatic rings. The van der Waals surface area contributed by atoms with E-state index in [1.165, 1.54) is 0 Å². The van der Waals surface area contributed by atoms with Gasteiger partial charge in [-0.05, 0) is 50.3 Å². The van der Waals surface area contributed by atoms with Crippen LogP contribution in [0, 0.1) is 12.8 Å². The molecule has 138 valence electrons. The van der Waals surface area contributed by atoms with Crippen molar-refractivity contribution in [2.75, 3.05) is 5.32 Å². The summed E-state index contributed by atoms with van der Waals surface area (Å²) in [6.45, 7) is 1.95. The Hall–Kier alpha value is -2.83. The summed E-state index contributed by atoms with van der Waals surface area (Å²) in [6, 6.07) is 7.60. The van der Waals surface area contributed by atoms with Crippen LogP contribution >= 0.6 is 0 Å². The Morgan fingerprint density at radius 2 is 1.92 bits per heavy atom. The van der Waals surface area contributed by atoms with Crippen LogP contribution < -0.4 is 10.6 Å². The van der Waals surface area contributed by atoms with Crippen LogP contribution in [0.25, 0.3) is 11.3 Å². The molecule has 0 saturated heterocycles. The second-order valence-electron chi connectivity index (χ2n) is 6.86. The zero-order valence-corrected chi connectivity index (χ0v) is 15.0. The van der Waals surface area contributed by atoms with E-state index < -0.39 is 5.97 Å². The molecule has 7 heteroatoms. The van der Waals surface area contributed by atoms with E-state index in [0.29, 0.717) is 25.7 Å². The highest BCUT2D eigenvalue weighted by atomic mass is 16.4. The molecule has 1 saturated carbocycles. The number of rotatable bonds is 4. The molecule has 1 heterocycles. The van der Waals surface area contributed by atoms with Crippen LogP contribution in [0.4, 0.5) is 10.5 Å². The molecule has 26 heavy (non-hydrogen) atoms. The number of nitrogens with zero attached hydrogens (tertiary/aromatic N) is 2. The van der Waals surface area contributed by atoms with Crippen molar-refractivity contribution in [2.24, 2.45) is 13.0 Å². The van der Waals surface area contributed by atoms with Crippen LogP contribution in [0.1, 0.15) is 31.2 Å². The first-order valence-electron chi connectivity index (χ1n) is 8.83. The zero-order valence-electron chi connectivity index (χ0n) is 15.0. The van der Waals surface area contributed by atoms with Crippen molar-refractivity contribution in [1.29, 1.82) is 0 Å². The molecule has 7 nitrogen and oxygen atoms in total. The van der Waals surface area contributed by atoms with Crippen molar-refractivity contribution in [3.05, 3.63) is 36.0 Å². The van der Waals surface area contributed by atoms with E-state index in [4.69, 9.17) is 5.11 Å². The molecule has 0 bridgehead atoms. The van der Waals surface area contributed by atoms with Crippen molar-refractivity contribution >= 4 is 17.7 Å². The van der Waals surface area contributed by atoms with Gasteiger partial charge in [-0.1, -0.05) is 12.1 Å². The summed E-state index contributed by atoms with van der Waals surface area (Å²) < 4.78 is 1.79. The first-order valence-corrected chi connectivity index (χ1v) is 8.83. The number of aryl methyl sites for hydroxylation is 2. The number of urea groups is 1. The number of nitrogens with one attached hydrogen (secondary N) is 2. The van der Waals surface area contributed by atoms with Crippen molar-refractivity contribution in [2.45, 2.75) is 38.6 Å². The molecular formula is C19H24N4O3. The van der Waals surface area contributed by atoms with E-state index in [-0.39, 0.29) is 18.0 Å². The lowest BCUT2D eigenvalue weighted by Crippen LogP contribution is -2.41. The molecule has 1 aliphatic carbocycles. The van der Waals surface area contributed by atoms with Crippen molar-refractivity contribution in [3.63, 3.8) is 0 Å². The van der Waals surface area contributed by atoms with Gasteiger partial charge in [0.2, 0.25) is 0 Å². The third-order valence-corrected chi connectivity index (χ3v) is 5.01. The molecule has 1 aromatic heterocycles. The topological polar surface area (TPSA) is 96.3 Å². The predicted octanol–water partition coefficient (Wildman–Crippen LogP) is 3.16. The molecule has 3 rings (SSSR count). The van der Waals surface area contributed by atoms with Gasteiger partial charge in [0, 0.05) is 30.5 Å². The SMILES string of the molecule is Cc1ccc(-c2ccnn2C)cc1NC(=O)NC1CCC(C(=O)O)CC1. The summed E-state index contributed by atoms with van der Waals surface area (Å²) in [5.41, 5.74) is 3.68. The van der Waals surface area contributed by atoms with E-state index in [1.54, 1.807) is 10.9 Å². The fourth-order valence-corrected chi connectivity index (χ4v) is 3.40. The molecule has 0 unspecified atom stereocenters. The number of aliphatic carboxylic acids is 1. The Morgan fingerprint density at radius 3 is 2.54 bits per heavy atom. The maximum absolute atomic E-state index is 12.4. The molecular weight excluding hydrogens is 332 g/mol. The van der Waals surface area contributed by atoms with Gasteiger partial charge in [-0.25, -0.2) is 4.79 Å². The van der Waals surface area contributed by atoms with Crippen LogP contribution in [0.15, 0.2) is 30.5 Å². The molecule has 2 aromatic rings. The van der Waals surface area contributed by atoms with E-state index in [1.807, 2.05) is 38.2 Å². The lowest BCUT2D eigenvalue weighted by atomic mass is 9.86. The Morgan fingerprint density at radius 1 is 1.19 bits per heavy atom. The van der Waals surface area contributed by atoms with E-state index in [0.717, 1.165) is 22.5 Å². The van der Waals surface area contributed by atoms with Gasteiger partial charge in [-0.2, -0.15) is 5.10 Å². The number of carbonyl (C=O) groups is 2. The molecule has 0 atom stereocenters. The van der Waals surface area contributed by atoms with Crippen LogP contribution in [0.5, 0.6) is 0 Å². The number of anilines is 1. The summed E-state index contributed by atoms with van der Waals surface area (Å²) in [7, 11) is 1.88. The molecule has 2 amide bonds. The molecule has 0 aliphatic heterocycles. The van der Waals surface area contributed by atoms with Gasteiger partial charge in [0.05, 0.1) is 11.6 Å². The molecule has 1 aromatic carbocycles. The number of carbonyl (C=O) groups excluding carboxylic acids is 1. The molecule has 3 N–H and O–H groups in total. The first-order chi connectivity index (χ1) is 12.4. The zero-order chi connectivity index (χ0) is 18.7. The van der Waals surface area contributed by atoms with Crippen LogP contribution in [-0.4, -0.2) is 32.9 Å². The fraction of sp³-hybridized carbons (Fsp3) is 0.421. The van der Waals surface area contributed by atoms with Gasteiger partial charge >= 0.3 is 12.0 Å². The van der Waals surface area contributed by atoms with Crippen molar-refractivity contribution < 1.29 is 14.7 Å². The summed E-state index contributed by atoms with van der Waals surface area (Å²) >= 11 is 0. The smallest absolute Gasteiger partial charge is 0.319 e. The maximum Gasteiger partial charge on any atom is 0.319 e.